The highest BCUT2D eigenvalue weighted by atomic mass is 16.5. The minimum atomic E-state index is -1.21. The van der Waals surface area contributed by atoms with Crippen molar-refractivity contribution in [2.45, 2.75) is 6.61 Å². The lowest BCUT2D eigenvalue weighted by molar-refractivity contribution is -0.133. The zero-order valence-electron chi connectivity index (χ0n) is 11.5. The van der Waals surface area contributed by atoms with Crippen molar-refractivity contribution in [1.29, 1.82) is 0 Å². The zero-order chi connectivity index (χ0) is 15.5. The van der Waals surface area contributed by atoms with Gasteiger partial charge < -0.3 is 14.6 Å². The average molecular weight is 296 g/mol. The third-order valence-corrected chi connectivity index (χ3v) is 3.23. The molecule has 0 atom stereocenters. The highest BCUT2D eigenvalue weighted by molar-refractivity contribution is 5.93. The van der Waals surface area contributed by atoms with Crippen molar-refractivity contribution in [2.24, 2.45) is 0 Å². The molecule has 0 fully saturated rings. The fraction of sp³-hybridized carbons (Fsp3) is 0.0588. The number of carboxylic acid groups (broad SMARTS) is 1. The van der Waals surface area contributed by atoms with Crippen LogP contribution in [0, 0.1) is 0 Å². The van der Waals surface area contributed by atoms with Crippen LogP contribution in [0.15, 0.2) is 54.6 Å². The second-order valence-corrected chi connectivity index (χ2v) is 4.67. The Morgan fingerprint density at radius 2 is 1.91 bits per heavy atom. The zero-order valence-corrected chi connectivity index (χ0v) is 11.5. The van der Waals surface area contributed by atoms with E-state index in [4.69, 9.17) is 14.6 Å². The molecule has 5 heteroatoms. The molecular weight excluding hydrogens is 284 g/mol. The van der Waals surface area contributed by atoms with Crippen molar-refractivity contribution in [3.8, 4) is 22.6 Å². The first-order valence-corrected chi connectivity index (χ1v) is 6.62. The molecule has 0 spiro atoms. The number of hydrogen-bond donors (Lipinski definition) is 1. The van der Waals surface area contributed by atoms with E-state index in [9.17, 15) is 9.59 Å². The fourth-order valence-corrected chi connectivity index (χ4v) is 2.31. The largest absolute Gasteiger partial charge is 0.488 e. The van der Waals surface area contributed by atoms with Gasteiger partial charge >= 0.3 is 11.9 Å². The standard InChI is InChI=1S/C17H12O5/c18-15(19)8-9-16(20)22-14-7-3-6-13-17(14)12-5-2-1-4-11(12)10-21-13/h1-9H,10H2,(H,18,19)/b9-8-. The minimum Gasteiger partial charge on any atom is -0.488 e. The molecule has 22 heavy (non-hydrogen) atoms. The van der Waals surface area contributed by atoms with E-state index >= 15 is 0 Å². The molecule has 0 amide bonds. The molecule has 0 bridgehead atoms. The van der Waals surface area contributed by atoms with Crippen LogP contribution in [0.4, 0.5) is 0 Å². The van der Waals surface area contributed by atoms with Crippen molar-refractivity contribution in [3.63, 3.8) is 0 Å². The summed E-state index contributed by atoms with van der Waals surface area (Å²) in [6.45, 7) is 0.458. The molecule has 2 aromatic rings. The Labute approximate surface area is 126 Å². The molecule has 1 aliphatic heterocycles. The molecule has 0 saturated carbocycles. The van der Waals surface area contributed by atoms with Gasteiger partial charge in [-0.05, 0) is 23.3 Å². The Balaban J connectivity index is 1.98. The van der Waals surface area contributed by atoms with Crippen LogP contribution in [0.5, 0.6) is 11.5 Å². The molecule has 110 valence electrons. The summed E-state index contributed by atoms with van der Waals surface area (Å²) in [7, 11) is 0. The summed E-state index contributed by atoms with van der Waals surface area (Å²) in [4.78, 5) is 22.1. The van der Waals surface area contributed by atoms with Crippen LogP contribution in [-0.4, -0.2) is 17.0 Å². The number of hydrogen-bond acceptors (Lipinski definition) is 4. The van der Waals surface area contributed by atoms with Gasteiger partial charge in [0, 0.05) is 12.2 Å². The normalized spacial score (nSPS) is 12.2. The van der Waals surface area contributed by atoms with Gasteiger partial charge in [0.2, 0.25) is 0 Å². The topological polar surface area (TPSA) is 72.8 Å². The summed E-state index contributed by atoms with van der Waals surface area (Å²) in [5.41, 5.74) is 2.63. The van der Waals surface area contributed by atoms with Crippen LogP contribution in [0.25, 0.3) is 11.1 Å². The molecule has 1 N–H and O–H groups in total. The van der Waals surface area contributed by atoms with Gasteiger partial charge in [0.1, 0.15) is 18.1 Å². The molecular formula is C17H12O5. The quantitative estimate of drug-likeness (QED) is 0.535. The molecule has 5 nitrogen and oxygen atoms in total. The number of aliphatic carboxylic acids is 1. The van der Waals surface area contributed by atoms with Crippen LogP contribution in [0.3, 0.4) is 0 Å². The molecule has 3 rings (SSSR count). The number of fused-ring (bicyclic) bond motifs is 3. The average Bonchev–Trinajstić information content (AvgIpc) is 2.53. The summed E-state index contributed by atoms with van der Waals surface area (Å²) in [5.74, 6) is -0.990. The van der Waals surface area contributed by atoms with Crippen LogP contribution >= 0.6 is 0 Å². The Morgan fingerprint density at radius 3 is 2.73 bits per heavy atom. The molecule has 0 saturated heterocycles. The van der Waals surface area contributed by atoms with Crippen molar-refractivity contribution in [3.05, 3.63) is 60.2 Å². The molecule has 0 aromatic heterocycles. The Morgan fingerprint density at radius 1 is 1.09 bits per heavy atom. The van der Waals surface area contributed by atoms with E-state index in [-0.39, 0.29) is 0 Å². The van der Waals surface area contributed by atoms with E-state index in [0.717, 1.165) is 23.3 Å². The van der Waals surface area contributed by atoms with Gasteiger partial charge in [-0.25, -0.2) is 9.59 Å². The van der Waals surface area contributed by atoms with Crippen LogP contribution < -0.4 is 9.47 Å². The number of carbonyl (C=O) groups excluding carboxylic acids is 1. The molecule has 2 aromatic carbocycles. The van der Waals surface area contributed by atoms with Gasteiger partial charge in [0.25, 0.3) is 0 Å². The molecule has 0 aliphatic carbocycles. The number of carbonyl (C=O) groups is 2. The lowest BCUT2D eigenvalue weighted by atomic mass is 9.96. The number of benzene rings is 2. The summed E-state index contributed by atoms with van der Waals surface area (Å²) in [5, 5.41) is 8.54. The number of rotatable bonds is 3. The Hall–Kier alpha value is -3.08. The molecule has 0 radical (unpaired) electrons. The van der Waals surface area contributed by atoms with Crippen molar-refractivity contribution >= 4 is 11.9 Å². The van der Waals surface area contributed by atoms with E-state index in [1.54, 1.807) is 18.2 Å². The van der Waals surface area contributed by atoms with Gasteiger partial charge in [-0.15, -0.1) is 0 Å². The van der Waals surface area contributed by atoms with Crippen molar-refractivity contribution in [1.82, 2.24) is 0 Å². The van der Waals surface area contributed by atoms with Crippen molar-refractivity contribution in [2.75, 3.05) is 0 Å². The summed E-state index contributed by atoms with van der Waals surface area (Å²) < 4.78 is 10.9. The van der Waals surface area contributed by atoms with Gasteiger partial charge in [-0.3, -0.25) is 0 Å². The SMILES string of the molecule is O=C(O)/C=C\C(=O)Oc1cccc2c1-c1ccccc1CO2. The van der Waals surface area contributed by atoms with E-state index in [1.807, 2.05) is 24.3 Å². The van der Waals surface area contributed by atoms with Crippen molar-refractivity contribution < 1.29 is 24.2 Å². The highest BCUT2D eigenvalue weighted by Crippen LogP contribution is 2.43. The van der Waals surface area contributed by atoms with E-state index in [1.165, 1.54) is 0 Å². The van der Waals surface area contributed by atoms with E-state index in [0.29, 0.717) is 23.7 Å². The predicted octanol–water partition coefficient (Wildman–Crippen LogP) is 2.79. The first-order chi connectivity index (χ1) is 10.6. The minimum absolute atomic E-state index is 0.338. The Kier molecular flexibility index (Phi) is 3.62. The summed E-state index contributed by atoms with van der Waals surface area (Å²) in [6, 6.07) is 12.9. The highest BCUT2D eigenvalue weighted by Gasteiger charge is 2.21. The number of esters is 1. The third kappa shape index (κ3) is 2.69. The van der Waals surface area contributed by atoms with Crippen LogP contribution in [0.2, 0.25) is 0 Å². The first kappa shape index (κ1) is 13.9. The van der Waals surface area contributed by atoms with Crippen LogP contribution in [-0.2, 0) is 16.2 Å². The van der Waals surface area contributed by atoms with Crippen LogP contribution in [0.1, 0.15) is 5.56 Å². The van der Waals surface area contributed by atoms with E-state index < -0.39 is 11.9 Å². The lowest BCUT2D eigenvalue weighted by Crippen LogP contribution is -2.10. The Bertz CT molecular complexity index is 776. The first-order valence-electron chi connectivity index (χ1n) is 6.62. The number of carboxylic acids is 1. The maximum Gasteiger partial charge on any atom is 0.336 e. The molecule has 0 unspecified atom stereocenters. The van der Waals surface area contributed by atoms with Gasteiger partial charge in [-0.2, -0.15) is 0 Å². The van der Waals surface area contributed by atoms with Gasteiger partial charge in [0.15, 0.2) is 0 Å². The lowest BCUT2D eigenvalue weighted by Gasteiger charge is -2.22. The van der Waals surface area contributed by atoms with Gasteiger partial charge in [-0.1, -0.05) is 30.3 Å². The molecule has 1 aliphatic rings. The maximum absolute atomic E-state index is 11.7. The predicted molar refractivity (Wildman–Crippen MR) is 78.6 cm³/mol. The summed E-state index contributed by atoms with van der Waals surface area (Å²) >= 11 is 0. The maximum atomic E-state index is 11.7. The van der Waals surface area contributed by atoms with Gasteiger partial charge in [0.05, 0.1) is 5.56 Å². The second kappa shape index (κ2) is 5.73. The second-order valence-electron chi connectivity index (χ2n) is 4.67. The van der Waals surface area contributed by atoms with E-state index in [2.05, 4.69) is 0 Å². The summed E-state index contributed by atoms with van der Waals surface area (Å²) in [6.07, 6.45) is 1.61. The fourth-order valence-electron chi connectivity index (χ4n) is 2.31. The number of ether oxygens (including phenoxy) is 2. The monoisotopic (exact) mass is 296 g/mol. The smallest absolute Gasteiger partial charge is 0.336 e. The molecule has 1 heterocycles. The third-order valence-electron chi connectivity index (χ3n) is 3.23.